The van der Waals surface area contributed by atoms with Crippen LogP contribution in [0.3, 0.4) is 0 Å². The van der Waals surface area contributed by atoms with Gasteiger partial charge in [-0.25, -0.2) is 0 Å². The Morgan fingerprint density at radius 3 is 2.00 bits per heavy atom. The molecule has 0 N–H and O–H groups in total. The Bertz CT molecular complexity index is 1690. The van der Waals surface area contributed by atoms with Crippen molar-refractivity contribution in [2.24, 2.45) is 5.41 Å². The van der Waals surface area contributed by atoms with Gasteiger partial charge < -0.3 is 18.9 Å². The van der Waals surface area contributed by atoms with E-state index in [2.05, 4.69) is 16.5 Å². The molecule has 0 saturated carbocycles. The molecule has 2 fully saturated rings. The van der Waals surface area contributed by atoms with Crippen LogP contribution in [0, 0.1) is 5.41 Å². The molecule has 0 atom stereocenters. The molecule has 2 amide bonds. The molecular formula is C35H31N3O3. The minimum Gasteiger partial charge on any atom is -0.457 e. The number of likely N-dealkylation sites (tertiary alicyclic amines) is 2. The molecule has 0 aliphatic carbocycles. The predicted octanol–water partition coefficient (Wildman–Crippen LogP) is 6.78. The second kappa shape index (κ2) is 10.3. The first-order chi connectivity index (χ1) is 20.1. The van der Waals surface area contributed by atoms with Crippen LogP contribution >= 0.6 is 0 Å². The number of benzene rings is 3. The average molecular weight is 542 g/mol. The average Bonchev–Trinajstić information content (AvgIpc) is 3.40. The van der Waals surface area contributed by atoms with Crippen molar-refractivity contribution in [3.05, 3.63) is 127 Å². The quantitative estimate of drug-likeness (QED) is 0.247. The molecule has 2 aliphatic rings. The first-order valence-electron chi connectivity index (χ1n) is 14.2. The van der Waals surface area contributed by atoms with E-state index in [1.54, 1.807) is 0 Å². The van der Waals surface area contributed by atoms with Gasteiger partial charge in [-0.05, 0) is 73.0 Å². The maximum atomic E-state index is 13.6. The van der Waals surface area contributed by atoms with E-state index >= 15 is 0 Å². The zero-order valence-electron chi connectivity index (χ0n) is 22.8. The molecule has 6 heteroatoms. The molecule has 2 saturated heterocycles. The zero-order chi connectivity index (χ0) is 27.8. The molecule has 6 nitrogen and oxygen atoms in total. The molecule has 0 bridgehead atoms. The lowest BCUT2D eigenvalue weighted by atomic mass is 9.71. The molecular weight excluding hydrogens is 510 g/mol. The third-order valence-electron chi connectivity index (χ3n) is 8.51. The predicted molar refractivity (Wildman–Crippen MR) is 159 cm³/mol. The third kappa shape index (κ3) is 4.76. The number of carbonyl (C=O) groups excluding carboxylic acids is 2. The van der Waals surface area contributed by atoms with Crippen molar-refractivity contribution in [2.75, 3.05) is 26.2 Å². The number of fused-ring (bicyclic) bond motifs is 1. The maximum absolute atomic E-state index is 13.6. The summed E-state index contributed by atoms with van der Waals surface area (Å²) < 4.78 is 7.96. The van der Waals surface area contributed by atoms with Crippen LogP contribution in [0.5, 0.6) is 11.5 Å². The summed E-state index contributed by atoms with van der Waals surface area (Å²) in [5, 5.41) is 0. The van der Waals surface area contributed by atoms with Gasteiger partial charge in [-0.3, -0.25) is 9.59 Å². The Morgan fingerprint density at radius 1 is 0.659 bits per heavy atom. The van der Waals surface area contributed by atoms with E-state index in [4.69, 9.17) is 4.74 Å². The van der Waals surface area contributed by atoms with Crippen LogP contribution in [0.4, 0.5) is 0 Å². The van der Waals surface area contributed by atoms with Gasteiger partial charge in [-0.1, -0.05) is 54.6 Å². The first-order valence-corrected chi connectivity index (χ1v) is 14.2. The van der Waals surface area contributed by atoms with Gasteiger partial charge in [-0.2, -0.15) is 0 Å². The number of hydrogen-bond donors (Lipinski definition) is 0. The normalized spacial score (nSPS) is 16.0. The summed E-state index contributed by atoms with van der Waals surface area (Å²) in [4.78, 5) is 30.8. The number of carbonyl (C=O) groups is 2. The molecule has 204 valence electrons. The molecule has 7 rings (SSSR count). The number of piperidine rings is 1. The van der Waals surface area contributed by atoms with Gasteiger partial charge in [0.15, 0.2) is 0 Å². The van der Waals surface area contributed by atoms with Gasteiger partial charge >= 0.3 is 0 Å². The Labute approximate surface area is 239 Å². The summed E-state index contributed by atoms with van der Waals surface area (Å²) in [6, 6.07) is 35.2. The fraction of sp³-hybridized carbons (Fsp3) is 0.200. The van der Waals surface area contributed by atoms with Crippen molar-refractivity contribution in [3.8, 4) is 22.8 Å². The fourth-order valence-electron chi connectivity index (χ4n) is 6.21. The van der Waals surface area contributed by atoms with Crippen LogP contribution in [0.15, 0.2) is 115 Å². The Hall–Kier alpha value is -4.84. The van der Waals surface area contributed by atoms with Crippen LogP contribution in [0.2, 0.25) is 0 Å². The molecule has 4 heterocycles. The molecule has 1 spiro atoms. The SMILES string of the molecule is O=C(c1ccc(Oc2ccccc2)cc1)N1CCC2(CC1)CN(C(=O)c1cc(-c3ccccc3)n3ccccc13)C2. The highest BCUT2D eigenvalue weighted by Crippen LogP contribution is 2.42. The summed E-state index contributed by atoms with van der Waals surface area (Å²) in [7, 11) is 0. The lowest BCUT2D eigenvalue weighted by Crippen LogP contribution is -2.62. The van der Waals surface area contributed by atoms with E-state index in [0.717, 1.165) is 54.0 Å². The number of amides is 2. The molecule has 3 aromatic carbocycles. The van der Waals surface area contributed by atoms with Gasteiger partial charge in [0.05, 0.1) is 16.8 Å². The van der Waals surface area contributed by atoms with Gasteiger partial charge in [0.2, 0.25) is 0 Å². The molecule has 0 radical (unpaired) electrons. The van der Waals surface area contributed by atoms with Crippen molar-refractivity contribution in [3.63, 3.8) is 0 Å². The fourth-order valence-corrected chi connectivity index (χ4v) is 6.21. The van der Waals surface area contributed by atoms with Crippen LogP contribution in [-0.4, -0.2) is 52.2 Å². The number of pyridine rings is 1. The summed E-state index contributed by atoms with van der Waals surface area (Å²) >= 11 is 0. The van der Waals surface area contributed by atoms with E-state index < -0.39 is 0 Å². The Balaban J connectivity index is 0.981. The van der Waals surface area contributed by atoms with Crippen molar-refractivity contribution < 1.29 is 14.3 Å². The minimum atomic E-state index is 0.0482. The smallest absolute Gasteiger partial charge is 0.256 e. The first kappa shape index (κ1) is 25.1. The number of para-hydroxylation sites is 1. The molecule has 2 aliphatic heterocycles. The van der Waals surface area contributed by atoms with E-state index in [1.807, 2.05) is 113 Å². The standard InChI is InChI=1S/C35H31N3O3/c39-33(27-14-16-29(17-15-27)41-28-11-5-2-6-12-28)36-21-18-35(19-22-36)24-37(25-35)34(40)30-23-32(26-9-3-1-4-10-26)38-20-8-7-13-31(30)38/h1-17,20,23H,18-19,21-22,24-25H2. The highest BCUT2D eigenvalue weighted by Gasteiger charge is 2.47. The molecule has 41 heavy (non-hydrogen) atoms. The summed E-state index contributed by atoms with van der Waals surface area (Å²) in [5.41, 5.74) is 4.54. The van der Waals surface area contributed by atoms with Crippen LogP contribution in [0.1, 0.15) is 33.6 Å². The molecule has 2 aromatic heterocycles. The van der Waals surface area contributed by atoms with E-state index in [9.17, 15) is 9.59 Å². The van der Waals surface area contributed by atoms with E-state index in [-0.39, 0.29) is 17.2 Å². The van der Waals surface area contributed by atoms with Gasteiger partial charge in [0.25, 0.3) is 11.8 Å². The third-order valence-corrected chi connectivity index (χ3v) is 8.51. The van der Waals surface area contributed by atoms with Crippen molar-refractivity contribution >= 4 is 17.3 Å². The number of rotatable bonds is 5. The Kier molecular flexibility index (Phi) is 6.31. The highest BCUT2D eigenvalue weighted by atomic mass is 16.5. The summed E-state index contributed by atoms with van der Waals surface area (Å²) in [5.74, 6) is 1.60. The van der Waals surface area contributed by atoms with Gasteiger partial charge in [0.1, 0.15) is 11.5 Å². The number of ether oxygens (including phenoxy) is 1. The van der Waals surface area contributed by atoms with E-state index in [0.29, 0.717) is 24.4 Å². The number of hydrogen-bond acceptors (Lipinski definition) is 3. The summed E-state index contributed by atoms with van der Waals surface area (Å²) in [6.07, 6.45) is 3.83. The second-order valence-electron chi connectivity index (χ2n) is 11.2. The molecule has 5 aromatic rings. The Morgan fingerprint density at radius 2 is 1.29 bits per heavy atom. The maximum Gasteiger partial charge on any atom is 0.256 e. The van der Waals surface area contributed by atoms with Crippen molar-refractivity contribution in [1.29, 1.82) is 0 Å². The van der Waals surface area contributed by atoms with Crippen molar-refractivity contribution in [1.82, 2.24) is 14.2 Å². The number of nitrogens with zero attached hydrogens (tertiary/aromatic N) is 3. The summed E-state index contributed by atoms with van der Waals surface area (Å²) in [6.45, 7) is 2.89. The monoisotopic (exact) mass is 541 g/mol. The second-order valence-corrected chi connectivity index (χ2v) is 11.2. The zero-order valence-corrected chi connectivity index (χ0v) is 22.8. The lowest BCUT2D eigenvalue weighted by molar-refractivity contribution is -0.0287. The largest absolute Gasteiger partial charge is 0.457 e. The van der Waals surface area contributed by atoms with Crippen LogP contribution < -0.4 is 4.74 Å². The van der Waals surface area contributed by atoms with Gasteiger partial charge in [0, 0.05) is 43.4 Å². The highest BCUT2D eigenvalue weighted by molar-refractivity contribution is 6.03. The van der Waals surface area contributed by atoms with E-state index in [1.165, 1.54) is 0 Å². The van der Waals surface area contributed by atoms with Gasteiger partial charge in [-0.15, -0.1) is 0 Å². The van der Waals surface area contributed by atoms with Crippen LogP contribution in [0.25, 0.3) is 16.8 Å². The van der Waals surface area contributed by atoms with Crippen LogP contribution in [-0.2, 0) is 0 Å². The topological polar surface area (TPSA) is 54.3 Å². The minimum absolute atomic E-state index is 0.0482. The lowest BCUT2D eigenvalue weighted by Gasteiger charge is -2.54. The van der Waals surface area contributed by atoms with Crippen molar-refractivity contribution in [2.45, 2.75) is 12.8 Å². The number of aromatic nitrogens is 1. The molecule has 0 unspecified atom stereocenters.